The SMILES string of the molecule is CS(=O)(=O)c1ccc([C@@H](O)Cn2ccc(-c3ccccn3)n2)cc1. The Labute approximate surface area is 140 Å². The monoisotopic (exact) mass is 343 g/mol. The van der Waals surface area contributed by atoms with E-state index in [2.05, 4.69) is 10.1 Å². The van der Waals surface area contributed by atoms with Crippen molar-refractivity contribution in [1.82, 2.24) is 14.8 Å². The lowest BCUT2D eigenvalue weighted by molar-refractivity contribution is 0.151. The molecule has 0 aliphatic heterocycles. The first kappa shape index (κ1) is 16.4. The van der Waals surface area contributed by atoms with Crippen LogP contribution in [0.2, 0.25) is 0 Å². The van der Waals surface area contributed by atoms with Crippen molar-refractivity contribution in [3.8, 4) is 11.4 Å². The molecule has 2 aromatic heterocycles. The van der Waals surface area contributed by atoms with Crippen LogP contribution in [0.15, 0.2) is 65.8 Å². The molecule has 0 spiro atoms. The third-order valence-corrected chi connectivity index (χ3v) is 4.75. The molecule has 0 fully saturated rings. The minimum atomic E-state index is -3.24. The van der Waals surface area contributed by atoms with Crippen molar-refractivity contribution in [2.75, 3.05) is 6.26 Å². The molecule has 0 saturated heterocycles. The fourth-order valence-corrected chi connectivity index (χ4v) is 2.96. The first-order valence-corrected chi connectivity index (χ1v) is 9.25. The van der Waals surface area contributed by atoms with Crippen LogP contribution in [0.3, 0.4) is 0 Å². The Bertz CT molecular complexity index is 919. The summed E-state index contributed by atoms with van der Waals surface area (Å²) in [6.45, 7) is 0.269. The average Bonchev–Trinajstić information content (AvgIpc) is 3.03. The summed E-state index contributed by atoms with van der Waals surface area (Å²) in [4.78, 5) is 4.47. The number of aliphatic hydroxyl groups excluding tert-OH is 1. The van der Waals surface area contributed by atoms with Crippen LogP contribution >= 0.6 is 0 Å². The number of hydrogen-bond acceptors (Lipinski definition) is 5. The van der Waals surface area contributed by atoms with Gasteiger partial charge in [-0.1, -0.05) is 18.2 Å². The Morgan fingerprint density at radius 2 is 1.83 bits per heavy atom. The van der Waals surface area contributed by atoms with Crippen LogP contribution in [0.1, 0.15) is 11.7 Å². The van der Waals surface area contributed by atoms with Gasteiger partial charge in [0, 0.05) is 18.6 Å². The highest BCUT2D eigenvalue weighted by molar-refractivity contribution is 7.90. The molecule has 0 aliphatic rings. The van der Waals surface area contributed by atoms with E-state index in [4.69, 9.17) is 0 Å². The maximum Gasteiger partial charge on any atom is 0.175 e. The van der Waals surface area contributed by atoms with Gasteiger partial charge in [0.15, 0.2) is 9.84 Å². The molecule has 0 bridgehead atoms. The normalized spacial score (nSPS) is 12.9. The second kappa shape index (κ2) is 6.54. The number of hydrogen-bond donors (Lipinski definition) is 1. The van der Waals surface area contributed by atoms with Crippen molar-refractivity contribution in [3.05, 3.63) is 66.5 Å². The highest BCUT2D eigenvalue weighted by atomic mass is 32.2. The summed E-state index contributed by atoms with van der Waals surface area (Å²) >= 11 is 0. The summed E-state index contributed by atoms with van der Waals surface area (Å²) in [5.74, 6) is 0. The zero-order chi connectivity index (χ0) is 17.2. The fraction of sp³-hybridized carbons (Fsp3) is 0.176. The maximum absolute atomic E-state index is 11.5. The predicted octanol–water partition coefficient (Wildman–Crippen LogP) is 2.08. The van der Waals surface area contributed by atoms with E-state index in [0.29, 0.717) is 5.56 Å². The third kappa shape index (κ3) is 3.69. The van der Waals surface area contributed by atoms with Crippen LogP contribution in [0, 0.1) is 0 Å². The molecule has 0 saturated carbocycles. The highest BCUT2D eigenvalue weighted by Gasteiger charge is 2.12. The lowest BCUT2D eigenvalue weighted by Gasteiger charge is -2.11. The topological polar surface area (TPSA) is 85.1 Å². The smallest absolute Gasteiger partial charge is 0.175 e. The van der Waals surface area contributed by atoms with Gasteiger partial charge in [0.2, 0.25) is 0 Å². The Kier molecular flexibility index (Phi) is 4.46. The number of sulfone groups is 1. The molecule has 24 heavy (non-hydrogen) atoms. The van der Waals surface area contributed by atoms with Crippen LogP contribution < -0.4 is 0 Å². The minimum absolute atomic E-state index is 0.231. The first-order chi connectivity index (χ1) is 11.4. The summed E-state index contributed by atoms with van der Waals surface area (Å²) in [5, 5.41) is 14.7. The van der Waals surface area contributed by atoms with E-state index in [0.717, 1.165) is 17.6 Å². The number of pyridine rings is 1. The Balaban J connectivity index is 1.73. The van der Waals surface area contributed by atoms with Crippen LogP contribution in [0.4, 0.5) is 0 Å². The van der Waals surface area contributed by atoms with Crippen LogP contribution in [-0.2, 0) is 16.4 Å². The molecular weight excluding hydrogens is 326 g/mol. The molecular formula is C17H17N3O3S. The van der Waals surface area contributed by atoms with E-state index in [-0.39, 0.29) is 11.4 Å². The van der Waals surface area contributed by atoms with E-state index < -0.39 is 15.9 Å². The van der Waals surface area contributed by atoms with Crippen molar-refractivity contribution in [3.63, 3.8) is 0 Å². The van der Waals surface area contributed by atoms with Gasteiger partial charge in [0.05, 0.1) is 23.2 Å². The summed E-state index contributed by atoms with van der Waals surface area (Å²) in [6, 6.07) is 13.7. The zero-order valence-electron chi connectivity index (χ0n) is 13.1. The quantitative estimate of drug-likeness (QED) is 0.767. The predicted molar refractivity (Wildman–Crippen MR) is 90.0 cm³/mol. The molecule has 3 rings (SSSR count). The molecule has 2 heterocycles. The Morgan fingerprint density at radius 3 is 2.46 bits per heavy atom. The lowest BCUT2D eigenvalue weighted by atomic mass is 10.1. The molecule has 6 nitrogen and oxygen atoms in total. The standard InChI is InChI=1S/C17H17N3O3S/c1-24(22,23)14-7-5-13(6-8-14)17(21)12-20-11-9-16(19-20)15-4-2-3-10-18-15/h2-11,17,21H,12H2,1H3/t17-/m0/s1. The highest BCUT2D eigenvalue weighted by Crippen LogP contribution is 2.19. The largest absolute Gasteiger partial charge is 0.386 e. The summed E-state index contributed by atoms with van der Waals surface area (Å²) < 4.78 is 24.6. The van der Waals surface area contributed by atoms with Crippen LogP contribution in [0.5, 0.6) is 0 Å². The second-order valence-corrected chi connectivity index (χ2v) is 7.51. The molecule has 1 aromatic carbocycles. The Morgan fingerprint density at radius 1 is 1.08 bits per heavy atom. The van der Waals surface area contributed by atoms with Gasteiger partial charge >= 0.3 is 0 Å². The molecule has 0 unspecified atom stereocenters. The van der Waals surface area contributed by atoms with Crippen LogP contribution in [0.25, 0.3) is 11.4 Å². The van der Waals surface area contributed by atoms with Crippen molar-refractivity contribution >= 4 is 9.84 Å². The van der Waals surface area contributed by atoms with E-state index in [1.54, 1.807) is 29.2 Å². The number of aliphatic hydroxyl groups is 1. The van der Waals surface area contributed by atoms with Gasteiger partial charge in [-0.05, 0) is 35.9 Å². The van der Waals surface area contributed by atoms with E-state index in [1.807, 2.05) is 24.3 Å². The molecule has 3 aromatic rings. The third-order valence-electron chi connectivity index (χ3n) is 3.62. The molecule has 0 amide bonds. The van der Waals surface area contributed by atoms with Crippen molar-refractivity contribution in [2.24, 2.45) is 0 Å². The summed E-state index contributed by atoms with van der Waals surface area (Å²) in [7, 11) is -3.24. The molecule has 0 radical (unpaired) electrons. The van der Waals surface area contributed by atoms with Gasteiger partial charge < -0.3 is 5.11 Å². The maximum atomic E-state index is 11.5. The first-order valence-electron chi connectivity index (χ1n) is 7.36. The second-order valence-electron chi connectivity index (χ2n) is 5.49. The van der Waals surface area contributed by atoms with Gasteiger partial charge in [-0.25, -0.2) is 8.42 Å². The number of benzene rings is 1. The zero-order valence-corrected chi connectivity index (χ0v) is 13.9. The van der Waals surface area contributed by atoms with E-state index >= 15 is 0 Å². The lowest BCUT2D eigenvalue weighted by Crippen LogP contribution is -2.09. The number of nitrogens with zero attached hydrogens (tertiary/aromatic N) is 3. The number of aromatic nitrogens is 3. The minimum Gasteiger partial charge on any atom is -0.386 e. The summed E-state index contributed by atoms with van der Waals surface area (Å²) in [5.41, 5.74) is 2.13. The van der Waals surface area contributed by atoms with Crippen LogP contribution in [-0.4, -0.2) is 34.5 Å². The van der Waals surface area contributed by atoms with Gasteiger partial charge in [0.1, 0.15) is 5.69 Å². The van der Waals surface area contributed by atoms with Gasteiger partial charge in [-0.3, -0.25) is 9.67 Å². The van der Waals surface area contributed by atoms with Gasteiger partial charge in [0.25, 0.3) is 0 Å². The molecule has 1 N–H and O–H groups in total. The molecule has 7 heteroatoms. The van der Waals surface area contributed by atoms with Gasteiger partial charge in [-0.15, -0.1) is 0 Å². The average molecular weight is 343 g/mol. The molecule has 0 aliphatic carbocycles. The Hall–Kier alpha value is -2.51. The molecule has 124 valence electrons. The van der Waals surface area contributed by atoms with Crippen molar-refractivity contribution in [1.29, 1.82) is 0 Å². The summed E-state index contributed by atoms with van der Waals surface area (Å²) in [6.07, 6.45) is 3.85. The van der Waals surface area contributed by atoms with Gasteiger partial charge in [-0.2, -0.15) is 5.10 Å². The molecule has 1 atom stereocenters. The van der Waals surface area contributed by atoms with E-state index in [1.165, 1.54) is 12.1 Å². The number of rotatable bonds is 5. The van der Waals surface area contributed by atoms with E-state index in [9.17, 15) is 13.5 Å². The van der Waals surface area contributed by atoms with Crippen molar-refractivity contribution in [2.45, 2.75) is 17.5 Å². The fourth-order valence-electron chi connectivity index (χ4n) is 2.33. The van der Waals surface area contributed by atoms with Crippen molar-refractivity contribution < 1.29 is 13.5 Å².